The Kier molecular flexibility index (Phi) is 7.12. The number of nitrogens with zero attached hydrogens (tertiary/aromatic N) is 2. The summed E-state index contributed by atoms with van der Waals surface area (Å²) in [6.45, 7) is 2.86. The van der Waals surface area contributed by atoms with Crippen LogP contribution >= 0.6 is 11.8 Å². The Balaban J connectivity index is 3.76. The molecule has 0 radical (unpaired) electrons. The molecular formula is C9H14N2OS. The lowest BCUT2D eigenvalue weighted by Gasteiger charge is -2.13. The standard InChI is InChI=1S/C9H14N2OS/c1-3-4-6-11(2)9(12)5-7-13-8-10/h5,7H,3-4,6H2,1-2H3/b7-5-. The molecule has 0 fully saturated rings. The molecule has 3 nitrogen and oxygen atoms in total. The Morgan fingerprint density at radius 2 is 2.38 bits per heavy atom. The highest BCUT2D eigenvalue weighted by molar-refractivity contribution is 8.06. The van der Waals surface area contributed by atoms with Crippen molar-refractivity contribution in [1.82, 2.24) is 4.90 Å². The van der Waals surface area contributed by atoms with E-state index in [9.17, 15) is 4.79 Å². The van der Waals surface area contributed by atoms with Crippen LogP contribution in [-0.4, -0.2) is 24.4 Å². The minimum Gasteiger partial charge on any atom is -0.342 e. The van der Waals surface area contributed by atoms with Gasteiger partial charge in [0.25, 0.3) is 0 Å². The zero-order chi connectivity index (χ0) is 10.1. The van der Waals surface area contributed by atoms with Gasteiger partial charge in [-0.1, -0.05) is 13.3 Å². The van der Waals surface area contributed by atoms with Gasteiger partial charge in [-0.05, 0) is 23.6 Å². The molecule has 0 aliphatic heterocycles. The lowest BCUT2D eigenvalue weighted by atomic mass is 10.3. The molecule has 0 aliphatic carbocycles. The predicted molar refractivity (Wildman–Crippen MR) is 54.9 cm³/mol. The first-order valence-electron chi connectivity index (χ1n) is 4.18. The van der Waals surface area contributed by atoms with Crippen LogP contribution in [0.15, 0.2) is 11.5 Å². The molecule has 0 unspecified atom stereocenters. The molecule has 0 rings (SSSR count). The number of rotatable bonds is 5. The van der Waals surface area contributed by atoms with Gasteiger partial charge in [-0.3, -0.25) is 4.79 Å². The van der Waals surface area contributed by atoms with E-state index in [0.29, 0.717) is 0 Å². The van der Waals surface area contributed by atoms with Crippen LogP contribution in [0.3, 0.4) is 0 Å². The summed E-state index contributed by atoms with van der Waals surface area (Å²) in [6, 6.07) is 0. The van der Waals surface area contributed by atoms with Gasteiger partial charge in [0.15, 0.2) is 0 Å². The second-order valence-corrected chi connectivity index (χ2v) is 3.32. The first-order valence-corrected chi connectivity index (χ1v) is 5.06. The number of hydrogen-bond acceptors (Lipinski definition) is 3. The van der Waals surface area contributed by atoms with E-state index >= 15 is 0 Å². The van der Waals surface area contributed by atoms with Crippen molar-refractivity contribution in [3.63, 3.8) is 0 Å². The monoisotopic (exact) mass is 198 g/mol. The van der Waals surface area contributed by atoms with Crippen molar-refractivity contribution in [3.8, 4) is 5.40 Å². The smallest absolute Gasteiger partial charge is 0.246 e. The number of nitriles is 1. The second kappa shape index (κ2) is 7.69. The van der Waals surface area contributed by atoms with Gasteiger partial charge >= 0.3 is 0 Å². The van der Waals surface area contributed by atoms with Crippen molar-refractivity contribution < 1.29 is 4.79 Å². The van der Waals surface area contributed by atoms with Crippen LogP contribution in [0.4, 0.5) is 0 Å². The average molecular weight is 198 g/mol. The van der Waals surface area contributed by atoms with Gasteiger partial charge < -0.3 is 4.90 Å². The number of likely N-dealkylation sites (N-methyl/N-ethyl adjacent to an activating group) is 1. The van der Waals surface area contributed by atoms with Crippen LogP contribution in [0, 0.1) is 10.7 Å². The molecule has 1 amide bonds. The van der Waals surface area contributed by atoms with Gasteiger partial charge in [0.2, 0.25) is 5.91 Å². The van der Waals surface area contributed by atoms with E-state index in [1.807, 2.05) is 5.40 Å². The van der Waals surface area contributed by atoms with Crippen molar-refractivity contribution in [1.29, 1.82) is 5.26 Å². The maximum absolute atomic E-state index is 11.2. The third-order valence-electron chi connectivity index (χ3n) is 1.55. The van der Waals surface area contributed by atoms with Crippen molar-refractivity contribution in [3.05, 3.63) is 11.5 Å². The Hall–Kier alpha value is -0.950. The highest BCUT2D eigenvalue weighted by atomic mass is 32.2. The van der Waals surface area contributed by atoms with Gasteiger partial charge in [-0.2, -0.15) is 5.26 Å². The third-order valence-corrected chi connectivity index (χ3v) is 1.93. The molecular weight excluding hydrogens is 184 g/mol. The summed E-state index contributed by atoms with van der Waals surface area (Å²) < 4.78 is 0. The molecule has 72 valence electrons. The summed E-state index contributed by atoms with van der Waals surface area (Å²) in [5.41, 5.74) is 0. The zero-order valence-corrected chi connectivity index (χ0v) is 8.80. The highest BCUT2D eigenvalue weighted by Gasteiger charge is 2.02. The topological polar surface area (TPSA) is 44.1 Å². The number of amides is 1. The molecule has 0 saturated carbocycles. The highest BCUT2D eigenvalue weighted by Crippen LogP contribution is 1.99. The molecule has 0 N–H and O–H groups in total. The van der Waals surface area contributed by atoms with Crippen LogP contribution < -0.4 is 0 Å². The molecule has 0 aliphatic rings. The number of carbonyl (C=O) groups excluding carboxylic acids is 1. The molecule has 4 heteroatoms. The molecule has 0 aromatic heterocycles. The fraction of sp³-hybridized carbons (Fsp3) is 0.556. The first kappa shape index (κ1) is 12.0. The van der Waals surface area contributed by atoms with Crippen LogP contribution in [0.2, 0.25) is 0 Å². The Bertz CT molecular complexity index is 220. The van der Waals surface area contributed by atoms with Gasteiger partial charge in [-0.15, -0.1) is 0 Å². The SMILES string of the molecule is CCCCN(C)C(=O)/C=C\SC#N. The molecule has 13 heavy (non-hydrogen) atoms. The van der Waals surface area contributed by atoms with E-state index in [0.717, 1.165) is 31.1 Å². The molecule has 0 heterocycles. The molecule has 0 bridgehead atoms. The Morgan fingerprint density at radius 1 is 1.69 bits per heavy atom. The maximum Gasteiger partial charge on any atom is 0.246 e. The van der Waals surface area contributed by atoms with Gasteiger partial charge in [0, 0.05) is 19.7 Å². The molecule has 0 aromatic carbocycles. The summed E-state index contributed by atoms with van der Waals surface area (Å²) in [6.07, 6.45) is 3.51. The van der Waals surface area contributed by atoms with Gasteiger partial charge in [-0.25, -0.2) is 0 Å². The summed E-state index contributed by atoms with van der Waals surface area (Å²) in [5.74, 6) is -0.0452. The third kappa shape index (κ3) is 6.23. The molecule has 0 saturated heterocycles. The largest absolute Gasteiger partial charge is 0.342 e. The fourth-order valence-corrected chi connectivity index (χ4v) is 1.00. The lowest BCUT2D eigenvalue weighted by Crippen LogP contribution is -2.25. The number of thioether (sulfide) groups is 1. The van der Waals surface area contributed by atoms with Crippen molar-refractivity contribution >= 4 is 17.7 Å². The quantitative estimate of drug-likeness (QED) is 0.501. The number of thiocyanates is 1. The fourth-order valence-electron chi connectivity index (χ4n) is 0.755. The van der Waals surface area contributed by atoms with Crippen LogP contribution in [0.5, 0.6) is 0 Å². The van der Waals surface area contributed by atoms with E-state index in [1.54, 1.807) is 11.9 Å². The van der Waals surface area contributed by atoms with Crippen molar-refractivity contribution in [2.45, 2.75) is 19.8 Å². The molecule has 0 spiro atoms. The summed E-state index contributed by atoms with van der Waals surface area (Å²) in [4.78, 5) is 12.9. The summed E-state index contributed by atoms with van der Waals surface area (Å²) >= 11 is 0.955. The van der Waals surface area contributed by atoms with E-state index < -0.39 is 0 Å². The lowest BCUT2D eigenvalue weighted by molar-refractivity contribution is -0.124. The van der Waals surface area contributed by atoms with Gasteiger partial charge in [0.1, 0.15) is 5.40 Å². The van der Waals surface area contributed by atoms with E-state index in [4.69, 9.17) is 5.26 Å². The first-order chi connectivity index (χ1) is 6.22. The van der Waals surface area contributed by atoms with Gasteiger partial charge in [0.05, 0.1) is 0 Å². The minimum atomic E-state index is -0.0452. The number of carbonyl (C=O) groups is 1. The van der Waals surface area contributed by atoms with Crippen molar-refractivity contribution in [2.75, 3.05) is 13.6 Å². The molecule has 0 atom stereocenters. The summed E-state index contributed by atoms with van der Waals surface area (Å²) in [5, 5.41) is 11.6. The van der Waals surface area contributed by atoms with Crippen molar-refractivity contribution in [2.24, 2.45) is 0 Å². The van der Waals surface area contributed by atoms with E-state index in [1.165, 1.54) is 11.5 Å². The van der Waals surface area contributed by atoms with E-state index in [-0.39, 0.29) is 5.91 Å². The zero-order valence-electron chi connectivity index (χ0n) is 7.99. The summed E-state index contributed by atoms with van der Waals surface area (Å²) in [7, 11) is 1.76. The normalized spacial score (nSPS) is 9.92. The van der Waals surface area contributed by atoms with Crippen LogP contribution in [0.1, 0.15) is 19.8 Å². The van der Waals surface area contributed by atoms with Crippen LogP contribution in [-0.2, 0) is 4.79 Å². The second-order valence-electron chi connectivity index (χ2n) is 2.63. The van der Waals surface area contributed by atoms with Crippen LogP contribution in [0.25, 0.3) is 0 Å². The maximum atomic E-state index is 11.2. The Labute approximate surface area is 83.4 Å². The number of unbranched alkanes of at least 4 members (excludes halogenated alkanes) is 1. The average Bonchev–Trinajstić information content (AvgIpc) is 2.14. The molecule has 0 aromatic rings. The predicted octanol–water partition coefficient (Wildman–Crippen LogP) is 1.97. The van der Waals surface area contributed by atoms with E-state index in [2.05, 4.69) is 6.92 Å². The number of hydrogen-bond donors (Lipinski definition) is 0. The Morgan fingerprint density at radius 3 is 2.92 bits per heavy atom. The minimum absolute atomic E-state index is 0.0452.